The van der Waals surface area contributed by atoms with Crippen LogP contribution < -0.4 is 41.4 Å². The van der Waals surface area contributed by atoms with Crippen molar-refractivity contribution in [3.05, 3.63) is 292 Å². The van der Waals surface area contributed by atoms with Crippen LogP contribution in [0.4, 0.5) is 26.3 Å². The molecular weight excluding hydrogens is 1990 g/mol. The number of nitriles is 3. The molecule has 4 saturated heterocycles. The number of aryl methyl sites for hydroxylation is 2. The zero-order valence-electron chi connectivity index (χ0n) is 78.9. The second-order valence-electron chi connectivity index (χ2n) is 32.6. The van der Waals surface area contributed by atoms with E-state index < -0.39 is 86.6 Å². The molecule has 758 valence electrons. The van der Waals surface area contributed by atoms with Gasteiger partial charge in [-0.3, -0.25) is 48.1 Å². The summed E-state index contributed by atoms with van der Waals surface area (Å²) in [7, 11) is 0. The summed E-state index contributed by atoms with van der Waals surface area (Å²) in [5, 5.41) is 73.2. The SMILES string of the molecule is C=Cc1cc(F)ccc1O.Cc1c(C#N)sc2[nH]c(=O)n(C(C)(C)C(=O)OC(C)(C)C)c(=O)c12.N#CCBr.O=Cc1cc(F)ccc1O.OC1CCOCC1.[C-]#[N+]COc1ccc(F)cc1C(CO)OC1CCOCC1.[C-]#[N+]COc1ccc(F)cc1C(Cn1c(=O)n(C(C)(C)C(=O)O)c(=O)c2c(C)c(C#N)sc21)OC1CCOCC1.[C-]#[N+]COc1ccc(F)cc1C1CO1.[C-]#[N+]COc1ccc(F)cc1C=O. The molecule has 4 fully saturated rings. The Morgan fingerprint density at radius 1 is 0.580 bits per heavy atom. The molecule has 0 bridgehead atoms. The van der Waals surface area contributed by atoms with Crippen LogP contribution in [0.15, 0.2) is 135 Å². The first-order chi connectivity index (χ1) is 68.0. The number of alkyl halides is 1. The van der Waals surface area contributed by atoms with Gasteiger partial charge in [0.2, 0.25) is 0 Å². The van der Waals surface area contributed by atoms with Crippen LogP contribution in [0.2, 0.25) is 0 Å². The largest absolute Gasteiger partial charge is 0.507 e. The van der Waals surface area contributed by atoms with Crippen molar-refractivity contribution in [3.63, 3.8) is 0 Å². The van der Waals surface area contributed by atoms with Gasteiger partial charge in [-0.25, -0.2) is 80.9 Å². The number of phenolic OH excluding ortho intramolecular Hbond substituents is 2. The summed E-state index contributed by atoms with van der Waals surface area (Å²) in [5.74, 6) is -3.68. The van der Waals surface area contributed by atoms with Gasteiger partial charge < -0.3 is 77.6 Å². The maximum Gasteiger partial charge on any atom is 0.357 e. The number of hydrogen-bond donors (Lipinski definition) is 6. The highest BCUT2D eigenvalue weighted by Gasteiger charge is 2.40. The van der Waals surface area contributed by atoms with Crippen molar-refractivity contribution in [1.82, 2.24) is 18.7 Å². The number of nitrogens with zero attached hydrogens (tertiary/aromatic N) is 10. The minimum absolute atomic E-state index is 0.0278. The number of aliphatic carboxylic acids is 1. The lowest BCUT2D eigenvalue weighted by Crippen LogP contribution is -2.52. The third-order valence-corrected chi connectivity index (χ3v) is 23.2. The average Bonchev–Trinajstić information content (AvgIpc) is 1.62. The number of carbonyl (C=O) groups is 4. The lowest BCUT2D eigenvalue weighted by atomic mass is 10.0. The second kappa shape index (κ2) is 57.5. The van der Waals surface area contributed by atoms with Crippen LogP contribution in [0, 0.1) is 109 Å². The molecule has 6 aromatic carbocycles. The maximum absolute atomic E-state index is 14.5. The molecule has 143 heavy (non-hydrogen) atoms. The number of benzene rings is 6. The molecule has 10 aromatic rings. The van der Waals surface area contributed by atoms with E-state index in [0.29, 0.717) is 117 Å². The number of carboxylic acid groups (broad SMARTS) is 1. The zero-order valence-corrected chi connectivity index (χ0v) is 82.1. The Labute approximate surface area is 833 Å². The summed E-state index contributed by atoms with van der Waals surface area (Å²) in [6.07, 6.45) is 4.30. The van der Waals surface area contributed by atoms with E-state index in [9.17, 15) is 80.2 Å². The quantitative estimate of drug-likeness (QED) is 0.00773. The molecule has 3 atom stereocenters. The molecule has 6 N–H and O–H groups in total. The number of aldehydes is 2. The number of fused-ring (bicyclic) bond motifs is 2. The molecule has 0 saturated carbocycles. The fourth-order valence-corrected chi connectivity index (χ4v) is 15.4. The minimum Gasteiger partial charge on any atom is -0.507 e. The van der Waals surface area contributed by atoms with Crippen LogP contribution in [-0.2, 0) is 60.4 Å². The number of thiophene rings is 2. The summed E-state index contributed by atoms with van der Waals surface area (Å²) in [4.78, 5) is 114. The summed E-state index contributed by atoms with van der Waals surface area (Å²) < 4.78 is 140. The molecule has 4 aliphatic rings. The average molecular weight is 2090 g/mol. The van der Waals surface area contributed by atoms with Crippen LogP contribution in [0.25, 0.3) is 45.9 Å². The van der Waals surface area contributed by atoms with E-state index >= 15 is 0 Å². The van der Waals surface area contributed by atoms with Gasteiger partial charge in [0.15, 0.2) is 12.6 Å². The molecule has 0 spiro atoms. The van der Waals surface area contributed by atoms with Gasteiger partial charge in [-0.2, -0.15) is 15.8 Å². The molecule has 14 rings (SSSR count). The number of nitrogens with one attached hydrogen (secondary N) is 1. The number of aliphatic hydroxyl groups excluding tert-OH is 2. The van der Waals surface area contributed by atoms with Crippen molar-refractivity contribution in [3.8, 4) is 52.7 Å². The number of carboxylic acids is 1. The monoisotopic (exact) mass is 2090 g/mol. The van der Waals surface area contributed by atoms with Crippen LogP contribution >= 0.6 is 38.6 Å². The lowest BCUT2D eigenvalue weighted by molar-refractivity contribution is -0.164. The summed E-state index contributed by atoms with van der Waals surface area (Å²) in [6.45, 7) is 46.9. The Hall–Kier alpha value is -14.4. The Morgan fingerprint density at radius 2 is 0.979 bits per heavy atom. The number of rotatable bonds is 25. The predicted octanol–water partition coefficient (Wildman–Crippen LogP) is 16.5. The first-order valence-corrected chi connectivity index (χ1v) is 46.0. The highest BCUT2D eigenvalue weighted by atomic mass is 79.9. The van der Waals surface area contributed by atoms with E-state index in [2.05, 4.69) is 46.9 Å². The first kappa shape index (κ1) is 117. The number of H-pyrrole nitrogens is 1. The predicted molar refractivity (Wildman–Crippen MR) is 516 cm³/mol. The third kappa shape index (κ3) is 34.8. The van der Waals surface area contributed by atoms with Gasteiger partial charge >= 0.3 is 50.2 Å². The molecule has 3 unspecified atom stereocenters. The van der Waals surface area contributed by atoms with E-state index in [-0.39, 0.29) is 136 Å². The fraction of sp³-hybridized carbons (Fsp3) is 0.384. The Bertz CT molecular complexity index is 6600. The number of carbonyl (C=O) groups excluding carboxylic acids is 3. The van der Waals surface area contributed by atoms with Gasteiger partial charge in [0.05, 0.1) is 71.4 Å². The van der Waals surface area contributed by atoms with Crippen molar-refractivity contribution in [2.75, 3.05) is 85.1 Å². The van der Waals surface area contributed by atoms with Gasteiger partial charge in [-0.05, 0) is 221 Å². The Balaban J connectivity index is 0.000000264. The van der Waals surface area contributed by atoms with Crippen molar-refractivity contribution in [2.24, 2.45) is 0 Å². The first-order valence-electron chi connectivity index (χ1n) is 43.3. The number of esters is 1. The van der Waals surface area contributed by atoms with E-state index in [1.165, 1.54) is 123 Å². The highest BCUT2D eigenvalue weighted by Crippen LogP contribution is 2.39. The molecule has 44 heteroatoms. The third-order valence-electron chi connectivity index (χ3n) is 20.6. The molecule has 35 nitrogen and oxygen atoms in total. The standard InChI is InChI=1S/C27H27FN4O7S.C16H19N3O4S.C15H18FNO4.C10H8FNO2.C9H6FNO2.C8H7FO.C7H5FO2.C5H10O2.C2H2BrN/c1-15-21(12-29)40-24-22(15)23(33)32(27(2,3)25(34)35)26(36)31(24)13-20(39-17-7-9-37-10-8-17)18-11-16(28)5-6-19(18)38-14-30-4;1-8-9(7-17)24-11-10(8)12(20)19(14(22)18-11)16(5,6)13(21)23-15(2,3)4;1-17-10-20-14-3-2-11(16)8-13(14)15(9-18)21-12-4-6-19-7-5-12;1-12-6-14-9-3-2-7(11)4-8(9)10-5-13-10;1-11-6-13-9-3-2-8(10)4-7(9)5-12;1-2-6-5-7(9)3-4-8(6)10;8-6-1-2-7(10)5(3-6)4-9;6-5-1-3-7-4-2-5;3-1-2-4/h5-6,11,17,20H,7-10,13-14H2,1-3H3,(H,34,35);1-6H3,(H,18,22);2-3,8,12,15,18H,4-7,9-10H2;2-4,10H,5-6H2;2-5H,6H2;2-5,10H,1H2;1-4,10H;5-6H,1-4H2;1H2. The summed E-state index contributed by atoms with van der Waals surface area (Å²) >= 11 is 4.86. The van der Waals surface area contributed by atoms with Crippen molar-refractivity contribution >= 4 is 89.6 Å². The summed E-state index contributed by atoms with van der Waals surface area (Å²) in [6, 6.07) is 28.3. The second-order valence-corrected chi connectivity index (χ2v) is 35.1. The number of phenols is 2. The minimum atomic E-state index is -1.93. The number of epoxide rings is 1. The van der Waals surface area contributed by atoms with Gasteiger partial charge in [-0.1, -0.05) is 28.6 Å². The van der Waals surface area contributed by atoms with Gasteiger partial charge in [0.1, 0.15) is 136 Å². The number of aromatic amines is 1. The van der Waals surface area contributed by atoms with Crippen molar-refractivity contribution < 1.29 is 123 Å². The van der Waals surface area contributed by atoms with E-state index in [4.69, 9.17) is 104 Å². The smallest absolute Gasteiger partial charge is 0.357 e. The Morgan fingerprint density at radius 3 is 1.40 bits per heavy atom. The number of halogens is 7. The molecule has 8 heterocycles. The number of aromatic nitrogens is 4. The number of ether oxygens (including phenoxy) is 11. The highest BCUT2D eigenvalue weighted by molar-refractivity contribution is 9.09. The van der Waals surface area contributed by atoms with E-state index in [1.807, 2.05) is 18.2 Å². The molecule has 0 aliphatic carbocycles. The molecule has 4 aromatic heterocycles. The number of aromatic hydroxyl groups is 2. The van der Waals surface area contributed by atoms with E-state index in [0.717, 1.165) is 90.4 Å². The molecule has 0 amide bonds. The zero-order chi connectivity index (χ0) is 106. The molecule has 4 aliphatic heterocycles. The lowest BCUT2D eigenvalue weighted by Gasteiger charge is -2.30. The molecule has 0 radical (unpaired) electrons. The normalized spacial score (nSPS) is 14.1. The number of hydrogen-bond acceptors (Lipinski definition) is 28. The van der Waals surface area contributed by atoms with Crippen LogP contribution in [0.5, 0.6) is 34.5 Å². The van der Waals surface area contributed by atoms with Crippen molar-refractivity contribution in [2.45, 2.75) is 161 Å². The van der Waals surface area contributed by atoms with Crippen LogP contribution in [-0.4, -0.2) is 178 Å². The maximum atomic E-state index is 14.5. The van der Waals surface area contributed by atoms with Crippen molar-refractivity contribution in [1.29, 1.82) is 15.8 Å². The van der Waals surface area contributed by atoms with Gasteiger partial charge in [-0.15, -0.1) is 22.7 Å². The topological polar surface area (TPSA) is 462 Å². The van der Waals surface area contributed by atoms with Gasteiger partial charge in [0.25, 0.3) is 11.1 Å². The van der Waals surface area contributed by atoms with Crippen LogP contribution in [0.3, 0.4) is 0 Å². The van der Waals surface area contributed by atoms with Gasteiger partial charge in [0, 0.05) is 61.9 Å². The number of aliphatic hydroxyl groups is 2. The molecular formula is C99H102BrF6N11O24S2. The fourth-order valence-electron chi connectivity index (χ4n) is 13.3. The van der Waals surface area contributed by atoms with E-state index in [1.54, 1.807) is 34.6 Å². The van der Waals surface area contributed by atoms with Crippen LogP contribution in [0.1, 0.15) is 169 Å². The Kier molecular flexibility index (Phi) is 47.2. The summed E-state index contributed by atoms with van der Waals surface area (Å²) in [5.41, 5.74) is -4.57.